The summed E-state index contributed by atoms with van der Waals surface area (Å²) in [4.78, 5) is 33.9. The molecule has 3 heterocycles. The Morgan fingerprint density at radius 3 is 2.93 bits per heavy atom. The minimum Gasteiger partial charge on any atom is -0.496 e. The van der Waals surface area contributed by atoms with Crippen molar-refractivity contribution in [3.8, 4) is 17.0 Å². The number of hydrogen-bond donors (Lipinski definition) is 1. The molecule has 1 aromatic carbocycles. The summed E-state index contributed by atoms with van der Waals surface area (Å²) in [6.45, 7) is 1.80. The second-order valence-corrected chi connectivity index (χ2v) is 8.19. The fourth-order valence-corrected chi connectivity index (χ4v) is 4.35. The number of rotatable bonds is 5. The molecule has 4 rings (SSSR count). The van der Waals surface area contributed by atoms with Crippen LogP contribution >= 0.6 is 27.3 Å². The monoisotopic (exact) mass is 488 g/mol. The van der Waals surface area contributed by atoms with Gasteiger partial charge in [0.05, 0.1) is 12.8 Å². The highest BCUT2D eigenvalue weighted by Crippen LogP contribution is 2.33. The highest BCUT2D eigenvalue weighted by atomic mass is 79.9. The van der Waals surface area contributed by atoms with E-state index in [1.54, 1.807) is 14.2 Å². The molecule has 0 aliphatic heterocycles. The van der Waals surface area contributed by atoms with Crippen LogP contribution in [0.5, 0.6) is 5.75 Å². The van der Waals surface area contributed by atoms with Gasteiger partial charge in [-0.15, -0.1) is 11.3 Å². The molecule has 30 heavy (non-hydrogen) atoms. The Morgan fingerprint density at radius 2 is 2.17 bits per heavy atom. The summed E-state index contributed by atoms with van der Waals surface area (Å²) < 4.78 is 8.54. The van der Waals surface area contributed by atoms with Gasteiger partial charge in [-0.2, -0.15) is 5.10 Å². The maximum atomic E-state index is 12.7. The lowest BCUT2D eigenvalue weighted by Crippen LogP contribution is -2.28. The number of nitrogens with one attached hydrogen (secondary N) is 1. The van der Waals surface area contributed by atoms with E-state index in [9.17, 15) is 9.59 Å². The molecular weight excluding hydrogens is 472 g/mol. The van der Waals surface area contributed by atoms with Gasteiger partial charge in [-0.25, -0.2) is 14.6 Å². The van der Waals surface area contributed by atoms with Crippen LogP contribution in [0.1, 0.15) is 5.56 Å². The molecule has 0 spiro atoms. The van der Waals surface area contributed by atoms with Crippen molar-refractivity contribution in [3.63, 3.8) is 0 Å². The van der Waals surface area contributed by atoms with Gasteiger partial charge in [0.2, 0.25) is 5.91 Å². The average Bonchev–Trinajstić information content (AvgIpc) is 3.28. The molecular formula is C19H17BrN6O3S. The lowest BCUT2D eigenvalue weighted by molar-refractivity contribution is -0.116. The van der Waals surface area contributed by atoms with E-state index >= 15 is 0 Å². The summed E-state index contributed by atoms with van der Waals surface area (Å²) in [5, 5.41) is 9.47. The first-order valence-electron chi connectivity index (χ1n) is 8.85. The van der Waals surface area contributed by atoms with Crippen LogP contribution in [-0.2, 0) is 18.4 Å². The number of hydrogen-bond acceptors (Lipinski definition) is 7. The zero-order chi connectivity index (χ0) is 21.4. The van der Waals surface area contributed by atoms with Crippen molar-refractivity contribution >= 4 is 49.3 Å². The van der Waals surface area contributed by atoms with Crippen molar-refractivity contribution in [2.45, 2.75) is 13.5 Å². The molecule has 3 aromatic heterocycles. The van der Waals surface area contributed by atoms with E-state index in [-0.39, 0.29) is 18.0 Å². The summed E-state index contributed by atoms with van der Waals surface area (Å²) in [6, 6.07) is 5.82. The number of ether oxygens (including phenoxy) is 1. The number of aryl methyl sites for hydroxylation is 2. The predicted octanol–water partition coefficient (Wildman–Crippen LogP) is 2.97. The molecule has 0 saturated heterocycles. The summed E-state index contributed by atoms with van der Waals surface area (Å²) >= 11 is 4.56. The Kier molecular flexibility index (Phi) is 5.39. The summed E-state index contributed by atoms with van der Waals surface area (Å²) in [6.07, 6.45) is 1.34. The highest BCUT2D eigenvalue weighted by Gasteiger charge is 2.16. The maximum Gasteiger partial charge on any atom is 0.266 e. The number of carbonyl (C=O) groups is 1. The molecule has 1 amide bonds. The first-order chi connectivity index (χ1) is 14.4. The smallest absolute Gasteiger partial charge is 0.266 e. The van der Waals surface area contributed by atoms with E-state index in [4.69, 9.17) is 4.74 Å². The van der Waals surface area contributed by atoms with Crippen LogP contribution in [0.2, 0.25) is 0 Å². The Labute approximate surface area is 183 Å². The third-order valence-electron chi connectivity index (χ3n) is 4.46. The molecule has 1 N–H and O–H groups in total. The number of methoxy groups -OCH3 is 1. The Hall–Kier alpha value is -3.05. The molecule has 0 aliphatic rings. The van der Waals surface area contributed by atoms with Crippen LogP contribution in [0.4, 0.5) is 5.13 Å². The van der Waals surface area contributed by atoms with Gasteiger partial charge < -0.3 is 10.1 Å². The van der Waals surface area contributed by atoms with Crippen LogP contribution in [-0.4, -0.2) is 37.3 Å². The van der Waals surface area contributed by atoms with Crippen LogP contribution < -0.4 is 15.6 Å². The normalized spacial score (nSPS) is 11.1. The number of amides is 1. The second-order valence-electron chi connectivity index (χ2n) is 6.58. The van der Waals surface area contributed by atoms with Gasteiger partial charge in [-0.1, -0.05) is 11.6 Å². The number of nitrogens with zero attached hydrogens (tertiary/aromatic N) is 5. The number of anilines is 1. The first-order valence-corrected chi connectivity index (χ1v) is 10.5. The quantitative estimate of drug-likeness (QED) is 0.463. The molecule has 0 fully saturated rings. The van der Waals surface area contributed by atoms with Crippen LogP contribution in [0.15, 0.2) is 39.3 Å². The molecule has 0 bridgehead atoms. The van der Waals surface area contributed by atoms with Crippen LogP contribution in [0.3, 0.4) is 0 Å². The molecule has 0 radical (unpaired) electrons. The molecule has 0 saturated carbocycles. The molecule has 9 nitrogen and oxygen atoms in total. The van der Waals surface area contributed by atoms with Gasteiger partial charge in [0.15, 0.2) is 10.8 Å². The lowest BCUT2D eigenvalue weighted by Gasteiger charge is -2.07. The highest BCUT2D eigenvalue weighted by molar-refractivity contribution is 9.10. The van der Waals surface area contributed by atoms with E-state index in [2.05, 4.69) is 36.3 Å². The number of fused-ring (bicyclic) bond motifs is 1. The van der Waals surface area contributed by atoms with Gasteiger partial charge in [-0.05, 0) is 35.0 Å². The first kappa shape index (κ1) is 20.2. The second kappa shape index (κ2) is 8.00. The SMILES string of the molecule is COc1ccc(C)cc1-c1csc(NC(=O)Cn2cnc3c(c(Br)nn3C)c2=O)n1. The van der Waals surface area contributed by atoms with Crippen molar-refractivity contribution in [3.05, 3.63) is 50.4 Å². The molecule has 4 aromatic rings. The summed E-state index contributed by atoms with van der Waals surface area (Å²) in [5.41, 5.74) is 2.73. The molecule has 0 aliphatic carbocycles. The summed E-state index contributed by atoms with van der Waals surface area (Å²) in [5.74, 6) is 0.326. The van der Waals surface area contributed by atoms with Crippen LogP contribution in [0.25, 0.3) is 22.3 Å². The minimum atomic E-state index is -0.379. The Bertz CT molecular complexity index is 1330. The van der Waals surface area contributed by atoms with Crippen molar-refractivity contribution < 1.29 is 9.53 Å². The van der Waals surface area contributed by atoms with E-state index in [1.165, 1.54) is 26.9 Å². The Morgan fingerprint density at radius 1 is 1.37 bits per heavy atom. The largest absolute Gasteiger partial charge is 0.496 e. The van der Waals surface area contributed by atoms with Crippen LogP contribution in [0, 0.1) is 6.92 Å². The molecule has 0 unspecified atom stereocenters. The zero-order valence-corrected chi connectivity index (χ0v) is 18.7. The fourth-order valence-electron chi connectivity index (χ4n) is 3.04. The number of halogens is 1. The Balaban J connectivity index is 1.54. The molecule has 11 heteroatoms. The topological polar surface area (TPSA) is 104 Å². The predicted molar refractivity (Wildman–Crippen MR) is 118 cm³/mol. The third kappa shape index (κ3) is 3.73. The lowest BCUT2D eigenvalue weighted by atomic mass is 10.1. The van der Waals surface area contributed by atoms with E-state index in [1.807, 2.05) is 30.5 Å². The average molecular weight is 489 g/mol. The van der Waals surface area contributed by atoms with Crippen molar-refractivity contribution in [1.29, 1.82) is 0 Å². The number of carbonyl (C=O) groups excluding carboxylic acids is 1. The summed E-state index contributed by atoms with van der Waals surface area (Å²) in [7, 11) is 3.30. The fraction of sp³-hybridized carbons (Fsp3) is 0.211. The number of benzene rings is 1. The van der Waals surface area contributed by atoms with Gasteiger partial charge in [0.25, 0.3) is 5.56 Å². The van der Waals surface area contributed by atoms with Crippen molar-refractivity contribution in [2.75, 3.05) is 12.4 Å². The number of thiazole rings is 1. The van der Waals surface area contributed by atoms with E-state index in [0.717, 1.165) is 11.1 Å². The maximum absolute atomic E-state index is 12.7. The standard InChI is InChI=1S/C19H17BrN6O3S/c1-10-4-5-13(29-3)11(6-10)12-8-30-19(22-12)23-14(27)7-26-9-21-17-15(18(26)28)16(20)24-25(17)2/h4-6,8-9H,7H2,1-3H3,(H,22,23,27). The van der Waals surface area contributed by atoms with E-state index < -0.39 is 0 Å². The molecule has 154 valence electrons. The van der Waals surface area contributed by atoms with E-state index in [0.29, 0.717) is 32.2 Å². The number of aromatic nitrogens is 5. The zero-order valence-electron chi connectivity index (χ0n) is 16.3. The van der Waals surface area contributed by atoms with Crippen molar-refractivity contribution in [2.24, 2.45) is 7.05 Å². The van der Waals surface area contributed by atoms with Crippen molar-refractivity contribution in [1.82, 2.24) is 24.3 Å². The van der Waals surface area contributed by atoms with Gasteiger partial charge in [-0.3, -0.25) is 14.2 Å². The van der Waals surface area contributed by atoms with Gasteiger partial charge in [0.1, 0.15) is 28.6 Å². The minimum absolute atomic E-state index is 0.189. The van der Waals surface area contributed by atoms with Gasteiger partial charge in [0, 0.05) is 18.0 Å². The third-order valence-corrected chi connectivity index (χ3v) is 5.78. The van der Waals surface area contributed by atoms with Gasteiger partial charge >= 0.3 is 0 Å². The molecule has 0 atom stereocenters.